The summed E-state index contributed by atoms with van der Waals surface area (Å²) in [4.78, 5) is 26.3. The molecule has 2 N–H and O–H groups in total. The largest absolute Gasteiger partial charge is 0.330 e. The molecule has 0 unspecified atom stereocenters. The first-order chi connectivity index (χ1) is 11.6. The van der Waals surface area contributed by atoms with Gasteiger partial charge < -0.3 is 10.2 Å². The summed E-state index contributed by atoms with van der Waals surface area (Å²) in [5.74, 6) is 0.772. The number of fused-ring (bicyclic) bond motifs is 1. The van der Waals surface area contributed by atoms with Crippen LogP contribution in [0.2, 0.25) is 0 Å². The molecule has 3 aliphatic heterocycles. The van der Waals surface area contributed by atoms with E-state index < -0.39 is 0 Å². The zero-order chi connectivity index (χ0) is 16.7. The van der Waals surface area contributed by atoms with Gasteiger partial charge in [-0.15, -0.1) is 12.4 Å². The first kappa shape index (κ1) is 17.9. The molecule has 0 radical (unpaired) electrons. The zero-order valence-electron chi connectivity index (χ0n) is 14.2. The van der Waals surface area contributed by atoms with E-state index in [9.17, 15) is 9.59 Å². The van der Waals surface area contributed by atoms with Crippen LogP contribution in [-0.4, -0.2) is 42.1 Å². The van der Waals surface area contributed by atoms with Crippen molar-refractivity contribution in [1.29, 1.82) is 0 Å². The van der Waals surface area contributed by atoms with Crippen LogP contribution >= 0.6 is 12.4 Å². The van der Waals surface area contributed by atoms with Crippen LogP contribution < -0.4 is 10.7 Å². The first-order valence-electron chi connectivity index (χ1n) is 8.58. The van der Waals surface area contributed by atoms with E-state index in [0.717, 1.165) is 19.6 Å². The molecule has 1 aromatic rings. The monoisotopic (exact) mass is 362 g/mol. The van der Waals surface area contributed by atoms with Gasteiger partial charge >= 0.3 is 0 Å². The van der Waals surface area contributed by atoms with Crippen molar-refractivity contribution in [2.45, 2.75) is 25.8 Å². The minimum absolute atomic E-state index is 0. The van der Waals surface area contributed by atoms with E-state index in [4.69, 9.17) is 0 Å². The lowest BCUT2D eigenvalue weighted by Crippen LogP contribution is -2.41. The number of hydrazone groups is 1. The normalized spacial score (nSPS) is 28.0. The van der Waals surface area contributed by atoms with Gasteiger partial charge in [0.2, 0.25) is 5.91 Å². The molecule has 3 aliphatic rings. The molecule has 0 spiro atoms. The van der Waals surface area contributed by atoms with Crippen LogP contribution in [-0.2, 0) is 9.59 Å². The summed E-state index contributed by atoms with van der Waals surface area (Å²) < 4.78 is 0. The summed E-state index contributed by atoms with van der Waals surface area (Å²) in [5, 5.41) is 7.47. The van der Waals surface area contributed by atoms with Crippen LogP contribution in [0, 0.1) is 18.8 Å². The fraction of sp³-hybridized carbons (Fsp3) is 0.500. The molecule has 1 aromatic carbocycles. The number of aryl methyl sites for hydroxylation is 1. The van der Waals surface area contributed by atoms with Gasteiger partial charge in [0.15, 0.2) is 0 Å². The average molecular weight is 363 g/mol. The third kappa shape index (κ3) is 3.16. The Morgan fingerprint density at radius 3 is 2.76 bits per heavy atom. The number of carbonyl (C=O) groups excluding carboxylic acids is 2. The lowest BCUT2D eigenvalue weighted by Gasteiger charge is -2.30. The number of carbonyl (C=O) groups is 2. The van der Waals surface area contributed by atoms with Gasteiger partial charge in [-0.25, -0.2) is 5.43 Å². The molecule has 6 nitrogen and oxygen atoms in total. The summed E-state index contributed by atoms with van der Waals surface area (Å²) in [6.45, 7) is 4.76. The second-order valence-corrected chi connectivity index (χ2v) is 6.93. The number of benzene rings is 1. The third-order valence-corrected chi connectivity index (χ3v) is 5.48. The van der Waals surface area contributed by atoms with Crippen LogP contribution in [0.4, 0.5) is 0 Å². The molecule has 0 aliphatic carbocycles. The van der Waals surface area contributed by atoms with E-state index in [0.29, 0.717) is 30.4 Å². The van der Waals surface area contributed by atoms with Gasteiger partial charge in [-0.3, -0.25) is 9.59 Å². The highest BCUT2D eigenvalue weighted by molar-refractivity contribution is 6.39. The van der Waals surface area contributed by atoms with Crippen LogP contribution in [0.25, 0.3) is 0 Å². The van der Waals surface area contributed by atoms with Crippen molar-refractivity contribution in [3.8, 4) is 0 Å². The Kier molecular flexibility index (Phi) is 5.11. The van der Waals surface area contributed by atoms with E-state index in [-0.39, 0.29) is 30.3 Å². The van der Waals surface area contributed by atoms with Crippen molar-refractivity contribution >= 4 is 29.9 Å². The van der Waals surface area contributed by atoms with Crippen LogP contribution in [0.5, 0.6) is 0 Å². The molecule has 2 saturated heterocycles. The molecule has 4 rings (SSSR count). The quantitative estimate of drug-likeness (QED) is 0.835. The van der Waals surface area contributed by atoms with Gasteiger partial charge in [-0.1, -0.05) is 24.3 Å². The molecule has 134 valence electrons. The lowest BCUT2D eigenvalue weighted by molar-refractivity contribution is -0.126. The van der Waals surface area contributed by atoms with E-state index in [1.807, 2.05) is 17.0 Å². The zero-order valence-corrected chi connectivity index (χ0v) is 15.0. The Labute approximate surface area is 153 Å². The van der Waals surface area contributed by atoms with Crippen molar-refractivity contribution in [3.63, 3.8) is 0 Å². The average Bonchev–Trinajstić information content (AvgIpc) is 3.16. The number of likely N-dealkylation sites (tertiary alicyclic amines) is 1. The highest BCUT2D eigenvalue weighted by Crippen LogP contribution is 2.43. The molecule has 3 heterocycles. The SMILES string of the molecule is Cc1ccccc1[C@@H]1[C@H]2CNC[C@H]2CN1C(=O)C1=NNC(=O)CC1.Cl. The van der Waals surface area contributed by atoms with Gasteiger partial charge in [-0.05, 0) is 24.0 Å². The molecule has 0 aromatic heterocycles. The Bertz CT molecular complexity index is 721. The predicted molar refractivity (Wildman–Crippen MR) is 97.5 cm³/mol. The predicted octanol–water partition coefficient (Wildman–Crippen LogP) is 1.40. The Balaban J connectivity index is 0.00000182. The molecule has 3 atom stereocenters. The molecule has 2 amide bonds. The first-order valence-corrected chi connectivity index (χ1v) is 8.58. The fourth-order valence-corrected chi connectivity index (χ4v) is 4.24. The number of amides is 2. The topological polar surface area (TPSA) is 73.8 Å². The van der Waals surface area contributed by atoms with E-state index in [1.54, 1.807) is 0 Å². The Hall–Kier alpha value is -1.92. The molecule has 0 saturated carbocycles. The van der Waals surface area contributed by atoms with Crippen molar-refractivity contribution < 1.29 is 9.59 Å². The minimum atomic E-state index is -0.121. The molecular formula is C18H23ClN4O2. The number of nitrogens with one attached hydrogen (secondary N) is 2. The van der Waals surface area contributed by atoms with Crippen molar-refractivity contribution in [2.75, 3.05) is 19.6 Å². The number of hydrogen-bond donors (Lipinski definition) is 2. The van der Waals surface area contributed by atoms with E-state index in [1.165, 1.54) is 11.1 Å². The molecule has 7 heteroatoms. The Morgan fingerprint density at radius 1 is 1.24 bits per heavy atom. The molecule has 0 bridgehead atoms. The standard InChI is InChI=1S/C18H22N4O2.ClH/c1-11-4-2-3-5-13(11)17-14-9-19-8-12(14)10-22(17)18(24)15-6-7-16(23)21-20-15;/h2-5,12,14,17,19H,6-10H2,1H3,(H,21,23);1H/t12-,14-,17+;/m0./s1. The maximum atomic E-state index is 13.1. The van der Waals surface area contributed by atoms with Gasteiger partial charge in [-0.2, -0.15) is 5.10 Å². The maximum absolute atomic E-state index is 13.1. The van der Waals surface area contributed by atoms with E-state index in [2.05, 4.69) is 34.9 Å². The fourth-order valence-electron chi connectivity index (χ4n) is 4.24. The molecule has 25 heavy (non-hydrogen) atoms. The van der Waals surface area contributed by atoms with Crippen molar-refractivity contribution in [3.05, 3.63) is 35.4 Å². The highest BCUT2D eigenvalue weighted by Gasteiger charge is 2.47. The summed E-state index contributed by atoms with van der Waals surface area (Å²) in [7, 11) is 0. The van der Waals surface area contributed by atoms with Crippen molar-refractivity contribution in [1.82, 2.24) is 15.6 Å². The number of halogens is 1. The molecular weight excluding hydrogens is 340 g/mol. The molecule has 2 fully saturated rings. The van der Waals surface area contributed by atoms with Crippen LogP contribution in [0.1, 0.15) is 30.0 Å². The minimum Gasteiger partial charge on any atom is -0.330 e. The van der Waals surface area contributed by atoms with Gasteiger partial charge in [0.05, 0.1) is 6.04 Å². The number of rotatable bonds is 2. The van der Waals surface area contributed by atoms with Crippen LogP contribution in [0.3, 0.4) is 0 Å². The maximum Gasteiger partial charge on any atom is 0.270 e. The summed E-state index contributed by atoms with van der Waals surface area (Å²) in [5.41, 5.74) is 5.35. The van der Waals surface area contributed by atoms with E-state index >= 15 is 0 Å². The van der Waals surface area contributed by atoms with Crippen LogP contribution in [0.15, 0.2) is 29.4 Å². The number of hydrogen-bond acceptors (Lipinski definition) is 4. The second kappa shape index (κ2) is 7.14. The lowest BCUT2D eigenvalue weighted by atomic mass is 9.87. The Morgan fingerprint density at radius 2 is 2.04 bits per heavy atom. The van der Waals surface area contributed by atoms with Gasteiger partial charge in [0.1, 0.15) is 5.71 Å². The van der Waals surface area contributed by atoms with Crippen molar-refractivity contribution in [2.24, 2.45) is 16.9 Å². The van der Waals surface area contributed by atoms with Gasteiger partial charge in [0, 0.05) is 38.4 Å². The third-order valence-electron chi connectivity index (χ3n) is 5.48. The summed E-state index contributed by atoms with van der Waals surface area (Å²) in [6, 6.07) is 8.39. The second-order valence-electron chi connectivity index (χ2n) is 6.93. The van der Waals surface area contributed by atoms with Gasteiger partial charge in [0.25, 0.3) is 5.91 Å². The summed E-state index contributed by atoms with van der Waals surface area (Å²) in [6.07, 6.45) is 0.761. The smallest absolute Gasteiger partial charge is 0.270 e. The number of nitrogens with zero attached hydrogens (tertiary/aromatic N) is 2. The summed E-state index contributed by atoms with van der Waals surface area (Å²) >= 11 is 0. The highest BCUT2D eigenvalue weighted by atomic mass is 35.5.